The summed E-state index contributed by atoms with van der Waals surface area (Å²) in [5.74, 6) is -0.123. The number of nitrogens with one attached hydrogen (secondary N) is 1. The van der Waals surface area contributed by atoms with Crippen LogP contribution in [-0.2, 0) is 4.79 Å². The van der Waals surface area contributed by atoms with Gasteiger partial charge >= 0.3 is 0 Å². The molecule has 0 radical (unpaired) electrons. The predicted molar refractivity (Wildman–Crippen MR) is 99.6 cm³/mol. The van der Waals surface area contributed by atoms with Gasteiger partial charge in [-0.15, -0.1) is 12.4 Å². The first-order valence-corrected chi connectivity index (χ1v) is 8.49. The van der Waals surface area contributed by atoms with Crippen LogP contribution in [-0.4, -0.2) is 36.3 Å². The molecule has 134 valence electrons. The molecule has 0 unspecified atom stereocenters. The molecule has 1 saturated carbocycles. The monoisotopic (exact) mass is 353 g/mol. The third-order valence-corrected chi connectivity index (χ3v) is 4.48. The summed E-state index contributed by atoms with van der Waals surface area (Å²) in [6.07, 6.45) is 6.76. The van der Waals surface area contributed by atoms with Crippen molar-refractivity contribution in [3.8, 4) is 0 Å². The molecular formula is C18H28ClN3O2. The van der Waals surface area contributed by atoms with Crippen molar-refractivity contribution in [3.05, 3.63) is 29.8 Å². The van der Waals surface area contributed by atoms with Crippen LogP contribution < -0.4 is 11.1 Å². The Bertz CT molecular complexity index is 545. The minimum atomic E-state index is -0.101. The van der Waals surface area contributed by atoms with Crippen molar-refractivity contribution in [1.82, 2.24) is 4.90 Å². The molecule has 0 heterocycles. The van der Waals surface area contributed by atoms with Crippen LogP contribution in [0.2, 0.25) is 0 Å². The second-order valence-electron chi connectivity index (χ2n) is 6.19. The van der Waals surface area contributed by atoms with Crippen LogP contribution >= 0.6 is 12.4 Å². The normalized spacial score (nSPS) is 14.6. The molecule has 0 saturated heterocycles. The van der Waals surface area contributed by atoms with E-state index in [-0.39, 0.29) is 24.2 Å². The first kappa shape index (κ1) is 20.5. The fourth-order valence-electron chi connectivity index (χ4n) is 3.08. The van der Waals surface area contributed by atoms with Crippen molar-refractivity contribution in [3.63, 3.8) is 0 Å². The fraction of sp³-hybridized carbons (Fsp3) is 0.556. The molecule has 1 aliphatic rings. The number of carbonyl (C=O) groups is 2. The fourth-order valence-corrected chi connectivity index (χ4v) is 3.08. The minimum Gasteiger partial charge on any atom is -0.339 e. The molecule has 1 aromatic carbocycles. The molecule has 0 aromatic heterocycles. The van der Waals surface area contributed by atoms with Crippen molar-refractivity contribution in [2.24, 2.45) is 5.73 Å². The number of nitrogens with zero attached hydrogens (tertiary/aromatic N) is 1. The van der Waals surface area contributed by atoms with E-state index in [0.29, 0.717) is 36.7 Å². The summed E-state index contributed by atoms with van der Waals surface area (Å²) in [5.41, 5.74) is 6.57. The number of hydrogen-bond acceptors (Lipinski definition) is 3. The molecule has 1 aliphatic carbocycles. The van der Waals surface area contributed by atoms with Crippen molar-refractivity contribution in [1.29, 1.82) is 0 Å². The summed E-state index contributed by atoms with van der Waals surface area (Å²) in [4.78, 5) is 26.6. The van der Waals surface area contributed by atoms with Crippen LogP contribution in [0.5, 0.6) is 0 Å². The van der Waals surface area contributed by atoms with Gasteiger partial charge in [0.05, 0.1) is 11.3 Å². The average molecular weight is 354 g/mol. The summed E-state index contributed by atoms with van der Waals surface area (Å²) in [7, 11) is 1.87. The molecule has 1 fully saturated rings. The molecule has 24 heavy (non-hydrogen) atoms. The van der Waals surface area contributed by atoms with Crippen LogP contribution in [0.25, 0.3) is 0 Å². The third kappa shape index (κ3) is 5.49. The van der Waals surface area contributed by atoms with Crippen LogP contribution in [0, 0.1) is 0 Å². The number of halogens is 1. The average Bonchev–Trinajstić information content (AvgIpc) is 2.60. The molecule has 0 bridgehead atoms. The zero-order valence-electron chi connectivity index (χ0n) is 14.3. The second kappa shape index (κ2) is 10.3. The van der Waals surface area contributed by atoms with Gasteiger partial charge in [0.15, 0.2) is 0 Å². The van der Waals surface area contributed by atoms with E-state index in [1.165, 1.54) is 19.3 Å². The van der Waals surface area contributed by atoms with E-state index in [1.54, 1.807) is 12.1 Å². The Hall–Kier alpha value is -1.59. The quantitative estimate of drug-likeness (QED) is 0.824. The number of hydrogen-bond donors (Lipinski definition) is 2. The minimum absolute atomic E-state index is 0. The Balaban J connectivity index is 0.00000288. The molecule has 3 N–H and O–H groups in total. The van der Waals surface area contributed by atoms with Gasteiger partial charge in [0, 0.05) is 19.5 Å². The summed E-state index contributed by atoms with van der Waals surface area (Å²) in [5, 5.41) is 2.84. The lowest BCUT2D eigenvalue weighted by Crippen LogP contribution is -2.38. The molecular weight excluding hydrogens is 326 g/mol. The highest BCUT2D eigenvalue weighted by atomic mass is 35.5. The first-order valence-electron chi connectivity index (χ1n) is 8.49. The smallest absolute Gasteiger partial charge is 0.255 e. The largest absolute Gasteiger partial charge is 0.339 e. The number of anilines is 1. The summed E-state index contributed by atoms with van der Waals surface area (Å²) in [6, 6.07) is 7.52. The topological polar surface area (TPSA) is 75.4 Å². The Kier molecular flexibility index (Phi) is 8.79. The summed E-state index contributed by atoms with van der Waals surface area (Å²) < 4.78 is 0. The van der Waals surface area contributed by atoms with Gasteiger partial charge < -0.3 is 16.0 Å². The van der Waals surface area contributed by atoms with E-state index in [9.17, 15) is 9.59 Å². The lowest BCUT2D eigenvalue weighted by atomic mass is 9.94. The zero-order chi connectivity index (χ0) is 16.7. The Morgan fingerprint density at radius 2 is 1.88 bits per heavy atom. The maximum atomic E-state index is 12.8. The van der Waals surface area contributed by atoms with E-state index in [2.05, 4.69) is 5.32 Å². The van der Waals surface area contributed by atoms with Gasteiger partial charge in [-0.2, -0.15) is 0 Å². The maximum absolute atomic E-state index is 12.8. The van der Waals surface area contributed by atoms with Gasteiger partial charge in [-0.25, -0.2) is 0 Å². The summed E-state index contributed by atoms with van der Waals surface area (Å²) in [6.45, 7) is 0.485. The van der Waals surface area contributed by atoms with Gasteiger partial charge in [0.1, 0.15) is 0 Å². The van der Waals surface area contributed by atoms with Crippen molar-refractivity contribution in [2.45, 2.75) is 51.0 Å². The molecule has 0 aliphatic heterocycles. The van der Waals surface area contributed by atoms with Gasteiger partial charge in [-0.3, -0.25) is 9.59 Å². The third-order valence-electron chi connectivity index (χ3n) is 4.48. The zero-order valence-corrected chi connectivity index (χ0v) is 15.1. The number of benzene rings is 1. The summed E-state index contributed by atoms with van der Waals surface area (Å²) >= 11 is 0. The van der Waals surface area contributed by atoms with Gasteiger partial charge in [-0.05, 0) is 37.9 Å². The Morgan fingerprint density at radius 1 is 1.21 bits per heavy atom. The highest BCUT2D eigenvalue weighted by Gasteiger charge is 2.24. The lowest BCUT2D eigenvalue weighted by molar-refractivity contribution is -0.116. The molecule has 0 atom stereocenters. The Morgan fingerprint density at radius 3 is 2.54 bits per heavy atom. The van der Waals surface area contributed by atoms with E-state index in [4.69, 9.17) is 5.73 Å². The standard InChI is InChI=1S/C18H27N3O2.ClH/c1-21(14-8-3-2-4-9-14)18(23)15-10-5-6-11-16(15)20-17(22)12-7-13-19;/h5-6,10-11,14H,2-4,7-9,12-13,19H2,1H3,(H,20,22);1H. The van der Waals surface area contributed by atoms with Crippen molar-refractivity contribution in [2.75, 3.05) is 18.9 Å². The number of para-hydroxylation sites is 1. The van der Waals surface area contributed by atoms with Gasteiger partial charge in [0.25, 0.3) is 5.91 Å². The molecule has 2 rings (SSSR count). The number of carbonyl (C=O) groups excluding carboxylic acids is 2. The van der Waals surface area contributed by atoms with Crippen LogP contribution in [0.3, 0.4) is 0 Å². The van der Waals surface area contributed by atoms with Crippen LogP contribution in [0.1, 0.15) is 55.3 Å². The maximum Gasteiger partial charge on any atom is 0.255 e. The molecule has 0 spiro atoms. The molecule has 6 heteroatoms. The second-order valence-corrected chi connectivity index (χ2v) is 6.19. The van der Waals surface area contributed by atoms with Crippen molar-refractivity contribution >= 4 is 29.9 Å². The van der Waals surface area contributed by atoms with Crippen molar-refractivity contribution < 1.29 is 9.59 Å². The number of amides is 2. The molecule has 1 aromatic rings. The molecule has 2 amide bonds. The van der Waals surface area contributed by atoms with Crippen LogP contribution in [0.4, 0.5) is 5.69 Å². The van der Waals surface area contributed by atoms with Gasteiger partial charge in [0.2, 0.25) is 5.91 Å². The number of nitrogens with two attached hydrogens (primary N) is 1. The molecule has 5 nitrogen and oxygen atoms in total. The predicted octanol–water partition coefficient (Wildman–Crippen LogP) is 3.19. The van der Waals surface area contributed by atoms with E-state index in [1.807, 2.05) is 24.1 Å². The lowest BCUT2D eigenvalue weighted by Gasteiger charge is -2.31. The SMILES string of the molecule is CN(C(=O)c1ccccc1NC(=O)CCCN)C1CCCCC1.Cl. The van der Waals surface area contributed by atoms with E-state index in [0.717, 1.165) is 12.8 Å². The van der Waals surface area contributed by atoms with Gasteiger partial charge in [-0.1, -0.05) is 31.4 Å². The highest BCUT2D eigenvalue weighted by molar-refractivity contribution is 6.03. The Labute approximate surface area is 150 Å². The highest BCUT2D eigenvalue weighted by Crippen LogP contribution is 2.25. The van der Waals surface area contributed by atoms with E-state index >= 15 is 0 Å². The van der Waals surface area contributed by atoms with Crippen LogP contribution in [0.15, 0.2) is 24.3 Å². The van der Waals surface area contributed by atoms with E-state index < -0.39 is 0 Å². The number of rotatable bonds is 6. The first-order chi connectivity index (χ1) is 11.1.